The maximum absolute atomic E-state index is 15.1. The van der Waals surface area contributed by atoms with Crippen molar-refractivity contribution < 1.29 is 78.0 Å². The number of amides is 11. The van der Waals surface area contributed by atoms with E-state index in [0.29, 0.717) is 17.5 Å². The minimum absolute atomic E-state index is 0.000163. The fourth-order valence-electron chi connectivity index (χ4n) is 9.83. The van der Waals surface area contributed by atoms with E-state index in [-0.39, 0.29) is 94.2 Å². The molecular weight excluding hydrogens is 1160 g/mol. The normalized spacial score (nSPS) is 18.7. The van der Waals surface area contributed by atoms with E-state index >= 15 is 4.79 Å². The molecule has 2 heterocycles. The summed E-state index contributed by atoms with van der Waals surface area (Å²) in [5.41, 5.74) is 11.9. The number of aromatic hydroxyl groups is 1. The molecule has 0 spiro atoms. The zero-order valence-corrected chi connectivity index (χ0v) is 50.2. The number of hydrogen-bond donors (Lipinski definition) is 16. The first-order valence-electron chi connectivity index (χ1n) is 28.4. The molecule has 2 aromatic carbocycles. The standard InChI is InChI=1S/C56H82N12O16S2/c1-5-30(4)45(52(79)63-37(21-29(2)3)48(75)65-41(28-86)55(82)83)66-51(78)43-24-34(70)26-68(43)54(81)42-14-10-20-67(42)53(80)40(23-31-11-7-6-8-12-31)64-49(76)38(22-32-15-17-33(69)18-16-32)61-50(77)39(25-44(71)72)62-47(74)36(13-9-19-59-56(58)84)60-46(73)35(57)27-85/h6-8,11-12,15-18,29-30,34-43,45,69-70,85-86H,5,9-10,13-14,19-28,57H2,1-4H3,(H,60,73)(H,61,77)(H,62,74)(H,63,79)(H,64,76)(H,65,75)(H,66,78)(H,71,72)(H,82,83)(H3,58,59,84)/t30-,34+,35-,36-,37-,38-,39-,40-,41-,42-,43-,45-/m0/s1. The monoisotopic (exact) mass is 1240 g/mol. The van der Waals surface area contributed by atoms with Crippen LogP contribution < -0.4 is 54.0 Å². The highest BCUT2D eigenvalue weighted by molar-refractivity contribution is 7.80. The van der Waals surface area contributed by atoms with Crippen LogP contribution in [0.3, 0.4) is 0 Å². The highest BCUT2D eigenvalue weighted by Crippen LogP contribution is 2.27. The molecule has 16 N–H and O–H groups in total. The van der Waals surface area contributed by atoms with Crippen molar-refractivity contribution in [2.45, 2.75) is 158 Å². The third kappa shape index (κ3) is 21.7. The quantitative estimate of drug-likeness (QED) is 0.0267. The van der Waals surface area contributed by atoms with Gasteiger partial charge in [-0.05, 0) is 67.2 Å². The summed E-state index contributed by atoms with van der Waals surface area (Å²) in [6, 6.07) is -0.864. The number of carbonyl (C=O) groups excluding carboxylic acids is 10. The van der Waals surface area contributed by atoms with Gasteiger partial charge in [0.15, 0.2) is 0 Å². The molecule has 0 unspecified atom stereocenters. The summed E-state index contributed by atoms with van der Waals surface area (Å²) in [7, 11) is 0. The number of nitrogens with one attached hydrogen (secondary N) is 8. The molecule has 12 atom stereocenters. The van der Waals surface area contributed by atoms with Crippen LogP contribution in [0.15, 0.2) is 54.6 Å². The molecule has 30 heteroatoms. The number of hydrogen-bond acceptors (Lipinski definition) is 17. The minimum atomic E-state index is -1.89. The van der Waals surface area contributed by atoms with Crippen LogP contribution in [-0.4, -0.2) is 199 Å². The van der Waals surface area contributed by atoms with Crippen LogP contribution in [0.25, 0.3) is 0 Å². The first-order chi connectivity index (χ1) is 40.7. The largest absolute Gasteiger partial charge is 0.508 e. The Hall–Kier alpha value is -7.70. The van der Waals surface area contributed by atoms with Crippen LogP contribution >= 0.6 is 25.3 Å². The Morgan fingerprint density at radius 1 is 0.663 bits per heavy atom. The zero-order valence-electron chi connectivity index (χ0n) is 48.4. The van der Waals surface area contributed by atoms with Crippen molar-refractivity contribution in [3.8, 4) is 5.75 Å². The average molecular weight is 1240 g/mol. The number of carboxylic acid groups (broad SMARTS) is 2. The Balaban J connectivity index is 1.64. The first kappa shape index (κ1) is 70.8. The van der Waals surface area contributed by atoms with Crippen LogP contribution in [0.1, 0.15) is 90.2 Å². The van der Waals surface area contributed by atoms with Crippen LogP contribution in [0, 0.1) is 11.8 Å². The summed E-state index contributed by atoms with van der Waals surface area (Å²) in [6.45, 7) is 6.68. The van der Waals surface area contributed by atoms with Crippen molar-refractivity contribution in [2.75, 3.05) is 31.1 Å². The number of nitrogens with two attached hydrogens (primary N) is 2. The van der Waals surface area contributed by atoms with Gasteiger partial charge in [-0.25, -0.2) is 9.59 Å². The lowest BCUT2D eigenvalue weighted by Crippen LogP contribution is -2.61. The fourth-order valence-corrected chi connectivity index (χ4v) is 10.2. The highest BCUT2D eigenvalue weighted by Gasteiger charge is 2.47. The van der Waals surface area contributed by atoms with Crippen molar-refractivity contribution in [1.82, 2.24) is 52.3 Å². The fraction of sp³-hybridized carbons (Fsp3) is 0.571. The van der Waals surface area contributed by atoms with E-state index < -0.39 is 150 Å². The van der Waals surface area contributed by atoms with Crippen LogP contribution in [-0.2, 0) is 65.6 Å². The molecule has 474 valence electrons. The maximum Gasteiger partial charge on any atom is 0.327 e. The number of thiol groups is 2. The van der Waals surface area contributed by atoms with E-state index in [2.05, 4.69) is 67.8 Å². The van der Waals surface area contributed by atoms with E-state index in [1.54, 1.807) is 58.0 Å². The lowest BCUT2D eigenvalue weighted by Gasteiger charge is -2.34. The second-order valence-corrected chi connectivity index (χ2v) is 22.6. The number of rotatable bonds is 33. The number of carbonyl (C=O) groups is 12. The van der Waals surface area contributed by atoms with E-state index in [0.717, 1.165) is 4.90 Å². The number of phenols is 1. The predicted octanol–water partition coefficient (Wildman–Crippen LogP) is -2.19. The highest BCUT2D eigenvalue weighted by atomic mass is 32.1. The van der Waals surface area contributed by atoms with Gasteiger partial charge in [-0.2, -0.15) is 25.3 Å². The van der Waals surface area contributed by atoms with Gasteiger partial charge in [-0.3, -0.25) is 47.9 Å². The van der Waals surface area contributed by atoms with Crippen molar-refractivity contribution in [2.24, 2.45) is 23.3 Å². The number of phenolic OH excluding ortho intramolecular Hbond substituents is 1. The lowest BCUT2D eigenvalue weighted by molar-refractivity contribution is -0.148. The number of carboxylic acids is 2. The molecule has 11 amide bonds. The number of benzene rings is 2. The number of β-amino-alcohol motifs (C(OH)–C–C–N with tert-alkyl or cyclic N) is 1. The molecule has 2 aliphatic heterocycles. The summed E-state index contributed by atoms with van der Waals surface area (Å²) in [5.74, 6) is -11.9. The number of urea groups is 1. The number of likely N-dealkylation sites (tertiary alicyclic amines) is 2. The van der Waals surface area contributed by atoms with Crippen LogP contribution in [0.5, 0.6) is 5.75 Å². The molecule has 2 aromatic rings. The Morgan fingerprint density at radius 2 is 1.22 bits per heavy atom. The molecule has 0 aliphatic carbocycles. The second-order valence-electron chi connectivity index (χ2n) is 21.9. The van der Waals surface area contributed by atoms with Gasteiger partial charge >= 0.3 is 18.0 Å². The number of aliphatic carboxylic acids is 2. The van der Waals surface area contributed by atoms with Gasteiger partial charge in [0.25, 0.3) is 0 Å². The summed E-state index contributed by atoms with van der Waals surface area (Å²) in [6.07, 6.45) is -2.20. The van der Waals surface area contributed by atoms with E-state index in [9.17, 15) is 73.2 Å². The van der Waals surface area contributed by atoms with Gasteiger partial charge in [0.05, 0.1) is 18.6 Å². The van der Waals surface area contributed by atoms with E-state index in [1.165, 1.54) is 29.2 Å². The van der Waals surface area contributed by atoms with Gasteiger partial charge in [0.2, 0.25) is 53.2 Å². The Morgan fingerprint density at radius 3 is 1.81 bits per heavy atom. The number of nitrogens with zero attached hydrogens (tertiary/aromatic N) is 2. The Kier molecular flexibility index (Phi) is 28.4. The number of aliphatic hydroxyl groups is 1. The second kappa shape index (κ2) is 34.4. The molecule has 0 bridgehead atoms. The summed E-state index contributed by atoms with van der Waals surface area (Å²) >= 11 is 8.02. The Labute approximate surface area is 509 Å². The Bertz CT molecular complexity index is 2710. The SMILES string of the molecule is CC[C@H](C)[C@H](NC(=O)[C@@H]1C[C@@H](O)CN1C(=O)[C@@H]1CCCN1C(=O)[C@H](Cc1ccccc1)NC(=O)[C@H](Cc1ccc(O)cc1)NC(=O)[C@H](CC(=O)O)NC(=O)[C@H](CCCNC(N)=O)NC(=O)[C@@H](N)CS)C(=O)N[C@@H](CC(C)C)C(=O)N[C@@H](CS)C(=O)O. The summed E-state index contributed by atoms with van der Waals surface area (Å²) in [5, 5.41) is 60.7. The van der Waals surface area contributed by atoms with E-state index in [4.69, 9.17) is 11.5 Å². The predicted molar refractivity (Wildman–Crippen MR) is 318 cm³/mol. The third-order valence-corrected chi connectivity index (χ3v) is 15.4. The molecule has 4 rings (SSSR count). The molecule has 2 saturated heterocycles. The zero-order chi connectivity index (χ0) is 63.9. The van der Waals surface area contributed by atoms with Crippen molar-refractivity contribution >= 4 is 96.4 Å². The minimum Gasteiger partial charge on any atom is -0.508 e. The molecule has 2 aliphatic rings. The van der Waals surface area contributed by atoms with Crippen molar-refractivity contribution in [3.63, 3.8) is 0 Å². The van der Waals surface area contributed by atoms with Crippen LogP contribution in [0.2, 0.25) is 0 Å². The van der Waals surface area contributed by atoms with Crippen LogP contribution in [0.4, 0.5) is 4.79 Å². The van der Waals surface area contributed by atoms with Gasteiger partial charge < -0.3 is 84.2 Å². The molecule has 0 aromatic heterocycles. The molecule has 28 nitrogen and oxygen atoms in total. The van der Waals surface area contributed by atoms with Gasteiger partial charge in [-0.1, -0.05) is 76.6 Å². The molecule has 86 heavy (non-hydrogen) atoms. The number of primary amides is 1. The van der Waals surface area contributed by atoms with Gasteiger partial charge in [0, 0.05) is 50.4 Å². The molecule has 2 fully saturated rings. The summed E-state index contributed by atoms with van der Waals surface area (Å²) < 4.78 is 0. The molecule has 0 radical (unpaired) electrons. The van der Waals surface area contributed by atoms with Crippen molar-refractivity contribution in [3.05, 3.63) is 65.7 Å². The first-order valence-corrected chi connectivity index (χ1v) is 29.6. The summed E-state index contributed by atoms with van der Waals surface area (Å²) in [4.78, 5) is 165. The van der Waals surface area contributed by atoms with Gasteiger partial charge in [0.1, 0.15) is 60.1 Å². The maximum atomic E-state index is 15.1. The van der Waals surface area contributed by atoms with Gasteiger partial charge in [-0.15, -0.1) is 0 Å². The van der Waals surface area contributed by atoms with E-state index in [1.807, 2.05) is 0 Å². The number of aliphatic hydroxyl groups excluding tert-OH is 1. The lowest BCUT2D eigenvalue weighted by atomic mass is 9.96. The van der Waals surface area contributed by atoms with Crippen molar-refractivity contribution in [1.29, 1.82) is 0 Å². The molecule has 0 saturated carbocycles. The third-order valence-electron chi connectivity index (χ3n) is 14.7. The average Bonchev–Trinajstić information content (AvgIpc) is 2.62. The molecular formula is C56H82N12O16S2. The smallest absolute Gasteiger partial charge is 0.327 e. The topological polar surface area (TPSA) is 441 Å².